The molecule has 1 amide bonds. The molecule has 4 nitrogen and oxygen atoms in total. The zero-order chi connectivity index (χ0) is 15.0. The van der Waals surface area contributed by atoms with Crippen LogP contribution in [-0.2, 0) is 4.79 Å². The number of phenolic OH excluding ortho intramolecular Hbond substituents is 1. The fourth-order valence-electron chi connectivity index (χ4n) is 3.31. The Morgan fingerprint density at radius 1 is 1.40 bits per heavy atom. The minimum atomic E-state index is -0.377. The molecule has 1 aliphatic rings. The van der Waals surface area contributed by atoms with Gasteiger partial charge < -0.3 is 10.8 Å². The summed E-state index contributed by atoms with van der Waals surface area (Å²) >= 11 is 0. The maximum Gasteiger partial charge on any atom is 0.234 e. The average Bonchev–Trinajstić information content (AvgIpc) is 2.68. The second kappa shape index (κ2) is 5.44. The molecule has 1 aromatic carbocycles. The number of rotatable bonds is 4. The van der Waals surface area contributed by atoms with E-state index < -0.39 is 0 Å². The van der Waals surface area contributed by atoms with Crippen molar-refractivity contribution in [2.75, 3.05) is 0 Å². The highest BCUT2D eigenvalue weighted by Gasteiger charge is 2.34. The quantitative estimate of drug-likeness (QED) is 0.790. The monoisotopic (exact) mass is 276 g/mol. The molecule has 0 heterocycles. The summed E-state index contributed by atoms with van der Waals surface area (Å²) in [6, 6.07) is 3.29. The number of hydrogen-bond donors (Lipinski definition) is 3. The summed E-state index contributed by atoms with van der Waals surface area (Å²) in [4.78, 5) is 11.6. The van der Waals surface area contributed by atoms with Gasteiger partial charge in [-0.1, -0.05) is 26.8 Å². The number of hydrogen-bond acceptors (Lipinski definition) is 3. The molecule has 0 saturated carbocycles. The minimum Gasteiger partial charge on any atom is -0.508 e. The Morgan fingerprint density at radius 3 is 2.60 bits per heavy atom. The zero-order valence-corrected chi connectivity index (χ0v) is 12.6. The third-order valence-electron chi connectivity index (χ3n) is 4.27. The molecule has 0 aromatic heterocycles. The Balaban J connectivity index is 2.35. The van der Waals surface area contributed by atoms with Gasteiger partial charge in [0.2, 0.25) is 5.91 Å². The van der Waals surface area contributed by atoms with Crippen LogP contribution >= 0.6 is 0 Å². The molecule has 1 aromatic rings. The molecule has 3 unspecified atom stereocenters. The van der Waals surface area contributed by atoms with E-state index in [1.165, 1.54) is 11.1 Å². The molecule has 4 heteroatoms. The van der Waals surface area contributed by atoms with E-state index in [0.29, 0.717) is 11.7 Å². The molecule has 0 saturated heterocycles. The Hall–Kier alpha value is -1.55. The highest BCUT2D eigenvalue weighted by molar-refractivity contribution is 5.80. The van der Waals surface area contributed by atoms with E-state index >= 15 is 0 Å². The summed E-state index contributed by atoms with van der Waals surface area (Å²) in [5.41, 5.74) is 8.80. The van der Waals surface area contributed by atoms with Crippen LogP contribution in [0.3, 0.4) is 0 Å². The number of carbonyl (C=O) groups excluding carboxylic acids is 1. The van der Waals surface area contributed by atoms with Crippen molar-refractivity contribution in [1.82, 2.24) is 5.32 Å². The van der Waals surface area contributed by atoms with E-state index in [1.807, 2.05) is 19.9 Å². The van der Waals surface area contributed by atoms with Gasteiger partial charge in [-0.3, -0.25) is 10.1 Å². The maximum absolute atomic E-state index is 11.6. The fourth-order valence-corrected chi connectivity index (χ4v) is 3.31. The number of fused-ring (bicyclic) bond motifs is 1. The van der Waals surface area contributed by atoms with E-state index in [0.717, 1.165) is 12.0 Å². The first-order valence-electron chi connectivity index (χ1n) is 7.20. The van der Waals surface area contributed by atoms with Gasteiger partial charge in [0, 0.05) is 11.6 Å². The zero-order valence-electron chi connectivity index (χ0n) is 12.6. The van der Waals surface area contributed by atoms with Crippen LogP contribution in [0.15, 0.2) is 12.1 Å². The number of aromatic hydroxyl groups is 1. The van der Waals surface area contributed by atoms with Crippen molar-refractivity contribution < 1.29 is 9.90 Å². The van der Waals surface area contributed by atoms with Gasteiger partial charge in [0.1, 0.15) is 5.75 Å². The largest absolute Gasteiger partial charge is 0.508 e. The highest BCUT2D eigenvalue weighted by Crippen LogP contribution is 2.46. The van der Waals surface area contributed by atoms with Crippen molar-refractivity contribution in [3.05, 3.63) is 28.8 Å². The number of amides is 1. The van der Waals surface area contributed by atoms with E-state index in [9.17, 15) is 9.90 Å². The van der Waals surface area contributed by atoms with E-state index in [1.54, 1.807) is 6.07 Å². The minimum absolute atomic E-state index is 0.0141. The predicted octanol–water partition coefficient (Wildman–Crippen LogP) is 2.35. The number of benzene rings is 1. The summed E-state index contributed by atoms with van der Waals surface area (Å²) < 4.78 is 0. The third-order valence-corrected chi connectivity index (χ3v) is 4.27. The van der Waals surface area contributed by atoms with Crippen molar-refractivity contribution in [1.29, 1.82) is 0 Å². The lowest BCUT2D eigenvalue weighted by Gasteiger charge is -2.24. The van der Waals surface area contributed by atoms with Crippen molar-refractivity contribution in [3.63, 3.8) is 0 Å². The topological polar surface area (TPSA) is 75.3 Å². The van der Waals surface area contributed by atoms with Crippen molar-refractivity contribution in [2.24, 2.45) is 11.7 Å². The van der Waals surface area contributed by atoms with Gasteiger partial charge in [-0.15, -0.1) is 0 Å². The van der Waals surface area contributed by atoms with Crippen LogP contribution in [0.2, 0.25) is 0 Å². The molecular formula is C16H24N2O2. The summed E-state index contributed by atoms with van der Waals surface area (Å²) in [6.45, 7) is 8.16. The smallest absolute Gasteiger partial charge is 0.234 e. The summed E-state index contributed by atoms with van der Waals surface area (Å²) in [6.07, 6.45) is 0.879. The predicted molar refractivity (Wildman–Crippen MR) is 79.6 cm³/mol. The Morgan fingerprint density at radius 2 is 2.05 bits per heavy atom. The van der Waals surface area contributed by atoms with Gasteiger partial charge in [0.25, 0.3) is 0 Å². The van der Waals surface area contributed by atoms with Gasteiger partial charge >= 0.3 is 0 Å². The first-order chi connectivity index (χ1) is 9.32. The lowest BCUT2D eigenvalue weighted by atomic mass is 9.97. The number of phenols is 1. The van der Waals surface area contributed by atoms with Crippen LogP contribution in [0.4, 0.5) is 0 Å². The SMILES string of the molecule is Cc1ccc(O)c2c1C(C)CC2NC(C(N)=O)C(C)C. The van der Waals surface area contributed by atoms with E-state index in [4.69, 9.17) is 5.73 Å². The summed E-state index contributed by atoms with van der Waals surface area (Å²) in [7, 11) is 0. The fraction of sp³-hybridized carbons (Fsp3) is 0.562. The van der Waals surface area contributed by atoms with Crippen molar-refractivity contribution in [2.45, 2.75) is 52.1 Å². The first kappa shape index (κ1) is 14.9. The van der Waals surface area contributed by atoms with Gasteiger partial charge in [-0.2, -0.15) is 0 Å². The summed E-state index contributed by atoms with van der Waals surface area (Å²) in [5.74, 6) is 0.460. The van der Waals surface area contributed by atoms with Gasteiger partial charge in [0.15, 0.2) is 0 Å². The molecule has 0 spiro atoms. The van der Waals surface area contributed by atoms with Crippen LogP contribution in [0, 0.1) is 12.8 Å². The molecule has 0 radical (unpaired) electrons. The third kappa shape index (κ3) is 2.52. The van der Waals surface area contributed by atoms with Crippen LogP contribution in [-0.4, -0.2) is 17.1 Å². The number of primary amides is 1. The number of nitrogens with two attached hydrogens (primary N) is 1. The second-order valence-electron chi connectivity index (χ2n) is 6.21. The maximum atomic E-state index is 11.6. The number of nitrogens with one attached hydrogen (secondary N) is 1. The molecule has 0 fully saturated rings. The van der Waals surface area contributed by atoms with Crippen molar-refractivity contribution >= 4 is 5.91 Å². The normalized spacial score (nSPS) is 22.9. The van der Waals surface area contributed by atoms with E-state index in [2.05, 4.69) is 19.2 Å². The van der Waals surface area contributed by atoms with Gasteiger partial charge in [0.05, 0.1) is 6.04 Å². The number of carbonyl (C=O) groups is 1. The van der Waals surface area contributed by atoms with Crippen LogP contribution in [0.25, 0.3) is 0 Å². The van der Waals surface area contributed by atoms with Crippen LogP contribution in [0.1, 0.15) is 55.8 Å². The van der Waals surface area contributed by atoms with Crippen molar-refractivity contribution in [3.8, 4) is 5.75 Å². The average molecular weight is 276 g/mol. The molecule has 2 rings (SSSR count). The Kier molecular flexibility index (Phi) is 4.04. The molecule has 20 heavy (non-hydrogen) atoms. The van der Waals surface area contributed by atoms with Gasteiger partial charge in [-0.05, 0) is 42.4 Å². The van der Waals surface area contributed by atoms with Crippen LogP contribution in [0.5, 0.6) is 5.75 Å². The number of aryl methyl sites for hydroxylation is 1. The highest BCUT2D eigenvalue weighted by atomic mass is 16.3. The standard InChI is InChI=1S/C16H24N2O2/c1-8(2)15(16(17)20)18-11-7-10(4)13-9(3)5-6-12(19)14(11)13/h5-6,8,10-11,15,18-19H,7H2,1-4H3,(H2,17,20). The van der Waals surface area contributed by atoms with Crippen LogP contribution < -0.4 is 11.1 Å². The lowest BCUT2D eigenvalue weighted by molar-refractivity contribution is -0.121. The summed E-state index contributed by atoms with van der Waals surface area (Å²) in [5, 5.41) is 13.5. The molecule has 110 valence electrons. The van der Waals surface area contributed by atoms with E-state index in [-0.39, 0.29) is 23.9 Å². The molecule has 1 aliphatic carbocycles. The second-order valence-corrected chi connectivity index (χ2v) is 6.21. The lowest BCUT2D eigenvalue weighted by Crippen LogP contribution is -2.46. The Bertz CT molecular complexity index is 525. The molecule has 3 atom stereocenters. The molecule has 0 aliphatic heterocycles. The first-order valence-corrected chi connectivity index (χ1v) is 7.20. The molecule has 4 N–H and O–H groups in total. The Labute approximate surface area is 120 Å². The van der Waals surface area contributed by atoms with Gasteiger partial charge in [-0.25, -0.2) is 0 Å². The molecular weight excluding hydrogens is 252 g/mol. The molecule has 0 bridgehead atoms.